The average Bonchev–Trinajstić information content (AvgIpc) is 2.56. The van der Waals surface area contributed by atoms with E-state index >= 15 is 0 Å². The van der Waals surface area contributed by atoms with Gasteiger partial charge in [0.2, 0.25) is 0 Å². The van der Waals surface area contributed by atoms with Crippen LogP contribution < -0.4 is 4.72 Å². The van der Waals surface area contributed by atoms with Gasteiger partial charge in [0, 0.05) is 0 Å². The second kappa shape index (κ2) is 8.84. The Morgan fingerprint density at radius 3 is 2.50 bits per heavy atom. The smallest absolute Gasteiger partial charge is 0.327 e. The summed E-state index contributed by atoms with van der Waals surface area (Å²) in [5.74, 6) is -1.10. The third-order valence-corrected chi connectivity index (χ3v) is 4.78. The van der Waals surface area contributed by atoms with Crippen LogP contribution in [0.3, 0.4) is 0 Å². The van der Waals surface area contributed by atoms with Gasteiger partial charge in [0.1, 0.15) is 0 Å². The highest BCUT2D eigenvalue weighted by Crippen LogP contribution is 2.12. The Balaban J connectivity index is 1.91. The van der Waals surface area contributed by atoms with Crippen LogP contribution in [-0.2, 0) is 27.5 Å². The van der Waals surface area contributed by atoms with E-state index in [-0.39, 0.29) is 6.61 Å². The highest BCUT2D eigenvalue weighted by atomic mass is 32.2. The molecule has 0 heterocycles. The summed E-state index contributed by atoms with van der Waals surface area (Å²) < 4.78 is 20.3. The molecular weight excluding hydrogens is 326 g/mol. The van der Waals surface area contributed by atoms with Gasteiger partial charge in [-0.2, -0.15) is 0 Å². The molecule has 0 bridgehead atoms. The third-order valence-electron chi connectivity index (χ3n) is 3.59. The van der Waals surface area contributed by atoms with E-state index in [0.29, 0.717) is 11.5 Å². The first-order chi connectivity index (χ1) is 11.5. The van der Waals surface area contributed by atoms with E-state index in [1.54, 1.807) is 12.1 Å². The lowest BCUT2D eigenvalue weighted by Crippen LogP contribution is -2.43. The fraction of sp³-hybridized carbons (Fsp3) is 0.278. The summed E-state index contributed by atoms with van der Waals surface area (Å²) >= 11 is -1.61. The number of hydrogen-bond acceptors (Lipinski definition) is 4. The predicted octanol–water partition coefficient (Wildman–Crippen LogP) is 2.59. The molecule has 0 fully saturated rings. The number of aryl methyl sites for hydroxylation is 2. The maximum absolute atomic E-state index is 12.2. The van der Waals surface area contributed by atoms with Crippen molar-refractivity contribution in [2.75, 3.05) is 6.61 Å². The zero-order valence-electron chi connectivity index (χ0n) is 13.7. The monoisotopic (exact) mass is 347 g/mol. The Morgan fingerprint density at radius 1 is 1.21 bits per heavy atom. The number of nitrogens with one attached hydrogen (secondary N) is 1. The summed E-state index contributed by atoms with van der Waals surface area (Å²) in [7, 11) is 0. The van der Waals surface area contributed by atoms with Gasteiger partial charge >= 0.3 is 5.97 Å². The number of carboxylic acids is 1. The van der Waals surface area contributed by atoms with Crippen LogP contribution in [0.4, 0.5) is 0 Å². The van der Waals surface area contributed by atoms with E-state index in [1.807, 2.05) is 50.2 Å². The summed E-state index contributed by atoms with van der Waals surface area (Å²) in [6.45, 7) is 4.15. The van der Waals surface area contributed by atoms with Crippen LogP contribution in [0.25, 0.3) is 0 Å². The average molecular weight is 347 g/mol. The molecular formula is C18H21NO4S. The molecule has 2 aromatic rings. The molecule has 5 nitrogen and oxygen atoms in total. The number of carbonyl (C=O) groups is 1. The molecule has 6 heteroatoms. The Hall–Kier alpha value is -1.86. The summed E-state index contributed by atoms with van der Waals surface area (Å²) in [6.07, 6.45) is 0. The van der Waals surface area contributed by atoms with Gasteiger partial charge in [-0.3, -0.25) is 4.79 Å². The minimum absolute atomic E-state index is 0.0682. The van der Waals surface area contributed by atoms with Crippen LogP contribution in [0.2, 0.25) is 0 Å². The Bertz CT molecular complexity index is 675. The lowest BCUT2D eigenvalue weighted by atomic mass is 10.1. The van der Waals surface area contributed by atoms with E-state index in [1.165, 1.54) is 0 Å². The third kappa shape index (κ3) is 5.35. The molecule has 2 aromatic carbocycles. The molecule has 0 aliphatic heterocycles. The fourth-order valence-corrected chi connectivity index (χ4v) is 3.02. The van der Waals surface area contributed by atoms with Crippen molar-refractivity contribution in [2.45, 2.75) is 31.4 Å². The van der Waals surface area contributed by atoms with Gasteiger partial charge in [-0.15, -0.1) is 4.72 Å². The Kier molecular flexibility index (Phi) is 6.81. The molecule has 0 spiro atoms. The molecule has 24 heavy (non-hydrogen) atoms. The van der Waals surface area contributed by atoms with E-state index in [2.05, 4.69) is 4.72 Å². The van der Waals surface area contributed by atoms with Gasteiger partial charge in [-0.25, -0.2) is 0 Å². The van der Waals surface area contributed by atoms with Gasteiger partial charge in [0.05, 0.1) is 24.6 Å². The number of carboxylic acid groups (broad SMARTS) is 1. The lowest BCUT2D eigenvalue weighted by molar-refractivity contribution is -0.140. The Morgan fingerprint density at radius 2 is 1.88 bits per heavy atom. The number of aliphatic carboxylic acids is 1. The van der Waals surface area contributed by atoms with Crippen molar-refractivity contribution in [3.05, 3.63) is 65.2 Å². The highest BCUT2D eigenvalue weighted by molar-refractivity contribution is 7.89. The number of ether oxygens (including phenoxy) is 1. The lowest BCUT2D eigenvalue weighted by Gasteiger charge is -2.17. The molecule has 1 unspecified atom stereocenters. The molecule has 2 atom stereocenters. The molecule has 0 aromatic heterocycles. The van der Waals surface area contributed by atoms with Crippen LogP contribution in [-0.4, -0.2) is 28.3 Å². The first-order valence-corrected chi connectivity index (χ1v) is 8.72. The summed E-state index contributed by atoms with van der Waals surface area (Å²) in [4.78, 5) is 11.9. The zero-order chi connectivity index (χ0) is 17.5. The molecule has 0 saturated heterocycles. The second-order valence-corrected chi connectivity index (χ2v) is 6.78. The number of benzene rings is 2. The minimum atomic E-state index is -1.61. The molecule has 0 amide bonds. The van der Waals surface area contributed by atoms with E-state index in [0.717, 1.165) is 16.7 Å². The second-order valence-electron chi connectivity index (χ2n) is 5.53. The number of hydrogen-bond donors (Lipinski definition) is 2. The van der Waals surface area contributed by atoms with Crippen molar-refractivity contribution < 1.29 is 19.2 Å². The van der Waals surface area contributed by atoms with Crippen LogP contribution in [0.1, 0.15) is 16.7 Å². The van der Waals surface area contributed by atoms with Gasteiger partial charge in [0.25, 0.3) is 0 Å². The van der Waals surface area contributed by atoms with E-state index in [4.69, 9.17) is 4.74 Å². The Labute approximate surface area is 145 Å². The molecule has 0 aliphatic carbocycles. The highest BCUT2D eigenvalue weighted by Gasteiger charge is 2.25. The molecule has 2 rings (SSSR count). The standard InChI is InChI=1S/C18H21NO4S/c1-13-7-9-16(10-8-13)24(22)19-17(18(20)21)12-23-11-15-6-4-3-5-14(15)2/h3-10,17,19H,11-12H2,1-2H3,(H,20,21)/t17-,24?/m0/s1. The van der Waals surface area contributed by atoms with Crippen molar-refractivity contribution >= 4 is 17.3 Å². The van der Waals surface area contributed by atoms with Gasteiger partial charge in [-0.05, 0) is 37.1 Å². The topological polar surface area (TPSA) is 81.6 Å². The SMILES string of the molecule is Cc1ccc([S+]([O-])N[C@@H](COCc2ccccc2C)C(=O)O)cc1. The molecule has 0 saturated carbocycles. The molecule has 0 aliphatic rings. The maximum Gasteiger partial charge on any atom is 0.327 e. The van der Waals surface area contributed by atoms with Crippen LogP contribution in [0, 0.1) is 13.8 Å². The van der Waals surface area contributed by atoms with Crippen molar-refractivity contribution in [3.8, 4) is 0 Å². The molecule has 0 radical (unpaired) electrons. The van der Waals surface area contributed by atoms with Crippen LogP contribution in [0.5, 0.6) is 0 Å². The maximum atomic E-state index is 12.2. The first kappa shape index (κ1) is 18.5. The van der Waals surface area contributed by atoms with Crippen LogP contribution in [0.15, 0.2) is 53.4 Å². The van der Waals surface area contributed by atoms with E-state index < -0.39 is 23.4 Å². The predicted molar refractivity (Wildman–Crippen MR) is 93.0 cm³/mol. The van der Waals surface area contributed by atoms with Gasteiger partial charge in [-0.1, -0.05) is 42.0 Å². The summed E-state index contributed by atoms with van der Waals surface area (Å²) in [5, 5.41) is 9.29. The van der Waals surface area contributed by atoms with Gasteiger partial charge in [0.15, 0.2) is 10.9 Å². The van der Waals surface area contributed by atoms with Crippen LogP contribution >= 0.6 is 0 Å². The van der Waals surface area contributed by atoms with Crippen molar-refractivity contribution in [3.63, 3.8) is 0 Å². The van der Waals surface area contributed by atoms with Crippen molar-refractivity contribution in [1.82, 2.24) is 4.72 Å². The quantitative estimate of drug-likeness (QED) is 0.717. The van der Waals surface area contributed by atoms with Crippen molar-refractivity contribution in [1.29, 1.82) is 0 Å². The summed E-state index contributed by atoms with van der Waals surface area (Å²) in [6, 6.07) is 13.8. The normalized spacial score (nSPS) is 13.5. The molecule has 128 valence electrons. The fourth-order valence-electron chi connectivity index (χ4n) is 2.07. The molecule has 2 N–H and O–H groups in total. The largest absolute Gasteiger partial charge is 0.593 e. The minimum Gasteiger partial charge on any atom is -0.593 e. The first-order valence-electron chi connectivity index (χ1n) is 7.57. The van der Waals surface area contributed by atoms with Gasteiger partial charge < -0.3 is 14.4 Å². The van der Waals surface area contributed by atoms with E-state index in [9.17, 15) is 14.5 Å². The van der Waals surface area contributed by atoms with Crippen molar-refractivity contribution in [2.24, 2.45) is 0 Å². The number of rotatable bonds is 8. The zero-order valence-corrected chi connectivity index (χ0v) is 14.5. The summed E-state index contributed by atoms with van der Waals surface area (Å²) in [5.41, 5.74) is 3.13.